The summed E-state index contributed by atoms with van der Waals surface area (Å²) in [4.78, 5) is 27.1. The van der Waals surface area contributed by atoms with Crippen LogP contribution in [-0.4, -0.2) is 29.2 Å². The molecule has 1 heterocycles. The monoisotopic (exact) mass is 551 g/mol. The first-order valence-electron chi connectivity index (χ1n) is 11.5. The molecule has 3 aromatic carbocycles. The molecular weight excluding hydrogens is 526 g/mol. The zero-order chi connectivity index (χ0) is 24.6. The zero-order valence-electron chi connectivity index (χ0n) is 19.4. The minimum atomic E-state index is -0.249. The van der Waals surface area contributed by atoms with Crippen LogP contribution in [0.25, 0.3) is 6.08 Å². The van der Waals surface area contributed by atoms with Gasteiger partial charge < -0.3 is 9.47 Å². The van der Waals surface area contributed by atoms with Crippen LogP contribution in [0.2, 0.25) is 0 Å². The van der Waals surface area contributed by atoms with Crippen LogP contribution < -0.4 is 9.47 Å². The van der Waals surface area contributed by atoms with Crippen molar-refractivity contribution in [2.24, 2.45) is 0 Å². The number of halogens is 1. The first kappa shape index (κ1) is 25.1. The van der Waals surface area contributed by atoms with Crippen LogP contribution in [0, 0.1) is 0 Å². The number of hydrogen-bond donors (Lipinski definition) is 0. The van der Waals surface area contributed by atoms with Gasteiger partial charge in [-0.1, -0.05) is 64.5 Å². The van der Waals surface area contributed by atoms with Crippen LogP contribution in [0.15, 0.2) is 82.2 Å². The number of carbonyl (C=O) groups is 2. The zero-order valence-corrected chi connectivity index (χ0v) is 21.8. The van der Waals surface area contributed by atoms with Crippen molar-refractivity contribution >= 4 is 44.9 Å². The summed E-state index contributed by atoms with van der Waals surface area (Å²) in [6, 6.07) is 23.5. The van der Waals surface area contributed by atoms with Gasteiger partial charge in [-0.3, -0.25) is 14.5 Å². The maximum absolute atomic E-state index is 12.9. The van der Waals surface area contributed by atoms with Crippen LogP contribution >= 0.6 is 27.7 Å². The van der Waals surface area contributed by atoms with Gasteiger partial charge in [0.2, 0.25) is 0 Å². The number of rotatable bonds is 10. The molecular formula is C28H26BrNO4S. The fourth-order valence-electron chi connectivity index (χ4n) is 3.67. The Bertz CT molecular complexity index is 1210. The molecule has 1 aliphatic heterocycles. The highest BCUT2D eigenvalue weighted by molar-refractivity contribution is 9.10. The first-order valence-corrected chi connectivity index (χ1v) is 13.1. The topological polar surface area (TPSA) is 55.8 Å². The number of ether oxygens (including phenoxy) is 2. The number of hydrogen-bond acceptors (Lipinski definition) is 5. The van der Waals surface area contributed by atoms with Crippen molar-refractivity contribution in [3.8, 4) is 11.5 Å². The third-order valence-corrected chi connectivity index (χ3v) is 6.87. The quantitative estimate of drug-likeness (QED) is 0.251. The minimum Gasteiger partial charge on any atom is -0.490 e. The van der Waals surface area contributed by atoms with Crippen LogP contribution in [0.4, 0.5) is 4.79 Å². The van der Waals surface area contributed by atoms with E-state index < -0.39 is 0 Å². The molecule has 35 heavy (non-hydrogen) atoms. The third kappa shape index (κ3) is 6.77. The molecule has 0 radical (unpaired) electrons. The molecule has 0 spiro atoms. The standard InChI is InChI=1S/C28H26BrNO4S/c1-2-33-25-17-22(12-15-24(25)34-19-21-10-13-23(29)14-11-21)18-26-27(31)30(28(32)35-26)16-6-9-20-7-4-3-5-8-20/h3-5,7-8,10-15,17-18H,2,6,9,16,19H2,1H3/b26-18+. The van der Waals surface area contributed by atoms with Gasteiger partial charge in [0.25, 0.3) is 11.1 Å². The summed E-state index contributed by atoms with van der Waals surface area (Å²) < 4.78 is 12.8. The lowest BCUT2D eigenvalue weighted by Gasteiger charge is -2.13. The summed E-state index contributed by atoms with van der Waals surface area (Å²) in [7, 11) is 0. The third-order valence-electron chi connectivity index (χ3n) is 5.44. The Kier molecular flexibility index (Phi) is 8.66. The molecule has 180 valence electrons. The first-order chi connectivity index (χ1) is 17.0. The number of thioether (sulfide) groups is 1. The molecule has 0 saturated carbocycles. The summed E-state index contributed by atoms with van der Waals surface area (Å²) in [6.45, 7) is 3.21. The van der Waals surface area contributed by atoms with Crippen molar-refractivity contribution in [1.82, 2.24) is 4.90 Å². The summed E-state index contributed by atoms with van der Waals surface area (Å²) in [5, 5.41) is -0.228. The molecule has 0 atom stereocenters. The molecule has 0 N–H and O–H groups in total. The second kappa shape index (κ2) is 12.1. The summed E-state index contributed by atoms with van der Waals surface area (Å²) >= 11 is 4.41. The van der Waals surface area contributed by atoms with Gasteiger partial charge in [0.1, 0.15) is 6.61 Å². The molecule has 5 nitrogen and oxygen atoms in total. The van der Waals surface area contributed by atoms with Crippen molar-refractivity contribution in [2.75, 3.05) is 13.2 Å². The summed E-state index contributed by atoms with van der Waals surface area (Å²) in [5.41, 5.74) is 3.01. The van der Waals surface area contributed by atoms with E-state index in [9.17, 15) is 9.59 Å². The van der Waals surface area contributed by atoms with E-state index in [2.05, 4.69) is 28.1 Å². The maximum atomic E-state index is 12.9. The Morgan fingerprint density at radius 1 is 0.914 bits per heavy atom. The molecule has 2 amide bonds. The highest BCUT2D eigenvalue weighted by Gasteiger charge is 2.34. The van der Waals surface area contributed by atoms with Gasteiger partial charge in [-0.25, -0.2) is 0 Å². The van der Waals surface area contributed by atoms with E-state index in [1.165, 1.54) is 10.5 Å². The summed E-state index contributed by atoms with van der Waals surface area (Å²) in [5.74, 6) is 0.975. The molecule has 3 aromatic rings. The average molecular weight is 552 g/mol. The van der Waals surface area contributed by atoms with E-state index in [0.717, 1.165) is 40.2 Å². The number of nitrogens with zero attached hydrogens (tertiary/aromatic N) is 1. The second-order valence-electron chi connectivity index (χ2n) is 7.98. The predicted octanol–water partition coefficient (Wildman–Crippen LogP) is 7.10. The van der Waals surface area contributed by atoms with E-state index in [1.54, 1.807) is 6.08 Å². The fourth-order valence-corrected chi connectivity index (χ4v) is 4.80. The van der Waals surface area contributed by atoms with Gasteiger partial charge in [0.15, 0.2) is 11.5 Å². The van der Waals surface area contributed by atoms with Crippen molar-refractivity contribution in [3.63, 3.8) is 0 Å². The average Bonchev–Trinajstić information content (AvgIpc) is 3.13. The Morgan fingerprint density at radius 3 is 2.43 bits per heavy atom. The van der Waals surface area contributed by atoms with E-state index in [4.69, 9.17) is 9.47 Å². The molecule has 0 aromatic heterocycles. The smallest absolute Gasteiger partial charge is 0.293 e. The largest absolute Gasteiger partial charge is 0.490 e. The summed E-state index contributed by atoms with van der Waals surface area (Å²) in [6.07, 6.45) is 3.29. The van der Waals surface area contributed by atoms with E-state index >= 15 is 0 Å². The molecule has 0 unspecified atom stereocenters. The fraction of sp³-hybridized carbons (Fsp3) is 0.214. The van der Waals surface area contributed by atoms with Crippen molar-refractivity contribution < 1.29 is 19.1 Å². The Labute approximate surface area is 218 Å². The molecule has 1 aliphatic rings. The molecule has 4 rings (SSSR count). The Hall–Kier alpha value is -3.03. The maximum Gasteiger partial charge on any atom is 0.293 e. The normalized spacial score (nSPS) is 14.6. The number of aryl methyl sites for hydroxylation is 1. The van der Waals surface area contributed by atoms with Gasteiger partial charge in [0, 0.05) is 11.0 Å². The van der Waals surface area contributed by atoms with Crippen LogP contribution in [0.3, 0.4) is 0 Å². The number of carbonyl (C=O) groups excluding carboxylic acids is 2. The lowest BCUT2D eigenvalue weighted by molar-refractivity contribution is -0.122. The van der Waals surface area contributed by atoms with Gasteiger partial charge in [0.05, 0.1) is 11.5 Å². The van der Waals surface area contributed by atoms with Crippen molar-refractivity contribution in [1.29, 1.82) is 0 Å². The van der Waals surface area contributed by atoms with Gasteiger partial charge >= 0.3 is 0 Å². The van der Waals surface area contributed by atoms with Crippen LogP contribution in [0.1, 0.15) is 30.0 Å². The highest BCUT2D eigenvalue weighted by atomic mass is 79.9. The molecule has 7 heteroatoms. The second-order valence-corrected chi connectivity index (χ2v) is 9.89. The predicted molar refractivity (Wildman–Crippen MR) is 144 cm³/mol. The minimum absolute atomic E-state index is 0.228. The molecule has 0 bridgehead atoms. The molecule has 1 fully saturated rings. The van der Waals surface area contributed by atoms with E-state index in [1.807, 2.05) is 67.6 Å². The van der Waals surface area contributed by atoms with Gasteiger partial charge in [-0.2, -0.15) is 0 Å². The number of amides is 2. The van der Waals surface area contributed by atoms with Gasteiger partial charge in [-0.15, -0.1) is 0 Å². The van der Waals surface area contributed by atoms with Crippen LogP contribution in [0.5, 0.6) is 11.5 Å². The van der Waals surface area contributed by atoms with Gasteiger partial charge in [-0.05, 0) is 78.6 Å². The number of benzene rings is 3. The van der Waals surface area contributed by atoms with E-state index in [-0.39, 0.29) is 11.1 Å². The Balaban J connectivity index is 1.42. The lowest BCUT2D eigenvalue weighted by Crippen LogP contribution is -2.29. The molecule has 1 saturated heterocycles. The van der Waals surface area contributed by atoms with E-state index in [0.29, 0.717) is 36.2 Å². The van der Waals surface area contributed by atoms with Crippen molar-refractivity contribution in [3.05, 3.63) is 98.9 Å². The highest BCUT2D eigenvalue weighted by Crippen LogP contribution is 2.35. The Morgan fingerprint density at radius 2 is 1.69 bits per heavy atom. The lowest BCUT2D eigenvalue weighted by atomic mass is 10.1. The van der Waals surface area contributed by atoms with Crippen LogP contribution in [-0.2, 0) is 17.8 Å². The molecule has 0 aliphatic carbocycles. The SMILES string of the molecule is CCOc1cc(/C=C2/SC(=O)N(CCCc3ccccc3)C2=O)ccc1OCc1ccc(Br)cc1. The number of imide groups is 1. The van der Waals surface area contributed by atoms with Crippen molar-refractivity contribution in [2.45, 2.75) is 26.4 Å².